The van der Waals surface area contributed by atoms with Crippen molar-refractivity contribution in [1.29, 1.82) is 0 Å². The Morgan fingerprint density at radius 2 is 1.63 bits per heavy atom. The summed E-state index contributed by atoms with van der Waals surface area (Å²) in [4.78, 5) is 42.0. The number of carbonyl (C=O) groups excluding carboxylic acids is 3. The van der Waals surface area contributed by atoms with Gasteiger partial charge in [-0.05, 0) is 62.4 Å². The summed E-state index contributed by atoms with van der Waals surface area (Å²) in [5.74, 6) is -3.67. The van der Waals surface area contributed by atoms with Crippen LogP contribution >= 0.6 is 0 Å². The molecule has 218 valence electrons. The van der Waals surface area contributed by atoms with Crippen molar-refractivity contribution < 1.29 is 32.3 Å². The normalized spacial score (nSPS) is 17.4. The third kappa shape index (κ3) is 6.62. The van der Waals surface area contributed by atoms with Crippen molar-refractivity contribution in [1.82, 2.24) is 20.4 Å². The predicted octanol–water partition coefficient (Wildman–Crippen LogP) is 3.92. The number of hydrogen-bond acceptors (Lipinski definition) is 7. The highest BCUT2D eigenvalue weighted by Crippen LogP contribution is 2.30. The number of hydrogen-bond donors (Lipinski definition) is 3. The van der Waals surface area contributed by atoms with Crippen LogP contribution in [0.2, 0.25) is 0 Å². The second-order valence-corrected chi connectivity index (χ2v) is 10.5. The van der Waals surface area contributed by atoms with Gasteiger partial charge in [-0.2, -0.15) is 18.3 Å². The fourth-order valence-electron chi connectivity index (χ4n) is 5.22. The average Bonchev–Trinajstić information content (AvgIpc) is 3.63. The Kier molecular flexibility index (Phi) is 8.15. The number of rotatable bonds is 7. The molecule has 0 radical (unpaired) electrons. The van der Waals surface area contributed by atoms with Crippen molar-refractivity contribution in [3.05, 3.63) is 53.6 Å². The SMILES string of the molecule is CN1CCN(c2ccc(C(=O)Nc3n[nH]c4ccc(C(=O)NC(OC(=O)C(F)(F)F)C5CCCC5)cc34)cc2)CC1. The number of nitrogens with one attached hydrogen (secondary N) is 3. The lowest BCUT2D eigenvalue weighted by Gasteiger charge is -2.34. The first-order valence-corrected chi connectivity index (χ1v) is 13.5. The summed E-state index contributed by atoms with van der Waals surface area (Å²) in [5.41, 5.74) is 2.11. The molecular formula is C28H31F3N6O4. The first-order valence-electron chi connectivity index (χ1n) is 13.5. The summed E-state index contributed by atoms with van der Waals surface area (Å²) in [7, 11) is 2.08. The minimum atomic E-state index is -5.17. The van der Waals surface area contributed by atoms with Crippen LogP contribution in [0.5, 0.6) is 0 Å². The minimum absolute atomic E-state index is 0.108. The number of H-pyrrole nitrogens is 1. The largest absolute Gasteiger partial charge is 0.491 e. The number of fused-ring (bicyclic) bond motifs is 1. The van der Waals surface area contributed by atoms with Crippen LogP contribution in [0.4, 0.5) is 24.7 Å². The number of esters is 1. The van der Waals surface area contributed by atoms with E-state index in [0.29, 0.717) is 29.3 Å². The van der Waals surface area contributed by atoms with Crippen molar-refractivity contribution in [2.45, 2.75) is 38.1 Å². The van der Waals surface area contributed by atoms with Crippen LogP contribution in [-0.4, -0.2) is 78.5 Å². The molecule has 2 fully saturated rings. The van der Waals surface area contributed by atoms with E-state index >= 15 is 0 Å². The fraction of sp³-hybridized carbons (Fsp3) is 0.429. The Balaban J connectivity index is 1.28. The molecular weight excluding hydrogens is 541 g/mol. The Morgan fingerprint density at radius 1 is 0.976 bits per heavy atom. The van der Waals surface area contributed by atoms with Crippen LogP contribution < -0.4 is 15.5 Å². The van der Waals surface area contributed by atoms with Gasteiger partial charge in [0.25, 0.3) is 11.8 Å². The summed E-state index contributed by atoms with van der Waals surface area (Å²) in [6, 6.07) is 11.8. The van der Waals surface area contributed by atoms with Crippen LogP contribution in [0.3, 0.4) is 0 Å². The van der Waals surface area contributed by atoms with Gasteiger partial charge >= 0.3 is 12.1 Å². The molecule has 2 amide bonds. The number of alkyl halides is 3. The number of ether oxygens (including phenoxy) is 1. The Hall–Kier alpha value is -4.13. The smallest absolute Gasteiger partial charge is 0.435 e. The number of benzene rings is 2. The maximum Gasteiger partial charge on any atom is 0.491 e. The van der Waals surface area contributed by atoms with E-state index in [1.807, 2.05) is 12.1 Å². The van der Waals surface area contributed by atoms with Gasteiger partial charge in [-0.25, -0.2) is 4.79 Å². The van der Waals surface area contributed by atoms with E-state index in [1.54, 1.807) is 18.2 Å². The van der Waals surface area contributed by atoms with Crippen LogP contribution in [0, 0.1) is 5.92 Å². The molecule has 10 nitrogen and oxygen atoms in total. The Labute approximate surface area is 234 Å². The first-order chi connectivity index (χ1) is 19.6. The van der Waals surface area contributed by atoms with Gasteiger partial charge in [-0.15, -0.1) is 0 Å². The number of aromatic nitrogens is 2. The Morgan fingerprint density at radius 3 is 2.29 bits per heavy atom. The number of amides is 2. The highest BCUT2D eigenvalue weighted by atomic mass is 19.4. The molecule has 3 aromatic rings. The summed E-state index contributed by atoms with van der Waals surface area (Å²) >= 11 is 0. The second kappa shape index (κ2) is 11.8. The molecule has 1 aliphatic heterocycles. The number of likely N-dealkylation sites (N-methyl/N-ethyl adjacent to an activating group) is 1. The molecule has 2 heterocycles. The van der Waals surface area contributed by atoms with Crippen LogP contribution in [0.25, 0.3) is 10.9 Å². The molecule has 3 N–H and O–H groups in total. The lowest BCUT2D eigenvalue weighted by Crippen LogP contribution is -2.45. The maximum absolute atomic E-state index is 13.0. The van der Waals surface area contributed by atoms with E-state index in [1.165, 1.54) is 12.1 Å². The standard InChI is InChI=1S/C28H31F3N6O4/c1-36-12-14-37(15-13-36)20-9-6-17(7-10-20)24(38)32-23-21-16-19(8-11-22(21)34-35-23)25(39)33-26(18-4-2-3-5-18)41-27(40)28(29,30)31/h6-11,16,18,26H,2-5,12-15H2,1H3,(H,33,39)(H2,32,34,35,38). The maximum atomic E-state index is 13.0. The van der Waals surface area contributed by atoms with Crippen molar-refractivity contribution >= 4 is 40.2 Å². The number of anilines is 2. The molecule has 2 aliphatic rings. The van der Waals surface area contributed by atoms with Crippen LogP contribution in [0.15, 0.2) is 42.5 Å². The molecule has 0 spiro atoms. The number of carbonyl (C=O) groups is 3. The lowest BCUT2D eigenvalue weighted by atomic mass is 10.1. The fourth-order valence-corrected chi connectivity index (χ4v) is 5.22. The molecule has 1 saturated carbocycles. The minimum Gasteiger partial charge on any atom is -0.435 e. The van der Waals surface area contributed by atoms with Gasteiger partial charge in [0.2, 0.25) is 0 Å². The van der Waals surface area contributed by atoms with E-state index in [0.717, 1.165) is 44.7 Å². The van der Waals surface area contributed by atoms with E-state index < -0.39 is 36.1 Å². The predicted molar refractivity (Wildman–Crippen MR) is 146 cm³/mol. The van der Waals surface area contributed by atoms with Gasteiger partial charge in [-0.1, -0.05) is 12.8 Å². The number of halogens is 3. The van der Waals surface area contributed by atoms with Gasteiger partial charge in [0.1, 0.15) is 0 Å². The topological polar surface area (TPSA) is 120 Å². The Bertz CT molecular complexity index is 1410. The molecule has 1 aromatic heterocycles. The highest BCUT2D eigenvalue weighted by molar-refractivity contribution is 6.09. The zero-order valence-electron chi connectivity index (χ0n) is 22.5. The van der Waals surface area contributed by atoms with Crippen molar-refractivity contribution in [3.63, 3.8) is 0 Å². The lowest BCUT2D eigenvalue weighted by molar-refractivity contribution is -0.208. The molecule has 0 bridgehead atoms. The van der Waals surface area contributed by atoms with Gasteiger partial charge in [-0.3, -0.25) is 14.7 Å². The molecule has 1 aliphatic carbocycles. The van der Waals surface area contributed by atoms with Gasteiger partial charge < -0.3 is 25.2 Å². The van der Waals surface area contributed by atoms with E-state index in [2.05, 4.69) is 42.4 Å². The molecule has 1 saturated heterocycles. The van der Waals surface area contributed by atoms with Gasteiger partial charge in [0.15, 0.2) is 12.0 Å². The van der Waals surface area contributed by atoms with Crippen molar-refractivity contribution in [2.24, 2.45) is 5.92 Å². The van der Waals surface area contributed by atoms with Gasteiger partial charge in [0, 0.05) is 54.3 Å². The molecule has 1 atom stereocenters. The van der Waals surface area contributed by atoms with Crippen LogP contribution in [-0.2, 0) is 9.53 Å². The molecule has 5 rings (SSSR count). The third-order valence-corrected chi connectivity index (χ3v) is 7.62. The van der Waals surface area contributed by atoms with Crippen molar-refractivity contribution in [3.8, 4) is 0 Å². The number of nitrogens with zero attached hydrogens (tertiary/aromatic N) is 3. The summed E-state index contributed by atoms with van der Waals surface area (Å²) in [6.45, 7) is 3.75. The molecule has 1 unspecified atom stereocenters. The quantitative estimate of drug-likeness (QED) is 0.290. The van der Waals surface area contributed by atoms with Crippen molar-refractivity contribution in [2.75, 3.05) is 43.4 Å². The zero-order valence-corrected chi connectivity index (χ0v) is 22.5. The number of piperazine rings is 1. The highest BCUT2D eigenvalue weighted by Gasteiger charge is 2.44. The van der Waals surface area contributed by atoms with E-state index in [4.69, 9.17) is 0 Å². The number of aromatic amines is 1. The summed E-state index contributed by atoms with van der Waals surface area (Å²) in [6.07, 6.45) is -3.98. The zero-order chi connectivity index (χ0) is 29.1. The monoisotopic (exact) mass is 572 g/mol. The third-order valence-electron chi connectivity index (χ3n) is 7.62. The second-order valence-electron chi connectivity index (χ2n) is 10.5. The summed E-state index contributed by atoms with van der Waals surface area (Å²) in [5, 5.41) is 12.6. The molecule has 41 heavy (non-hydrogen) atoms. The first kappa shape index (κ1) is 28.4. The average molecular weight is 573 g/mol. The van der Waals surface area contributed by atoms with E-state index in [9.17, 15) is 27.6 Å². The molecule has 13 heteroatoms. The van der Waals surface area contributed by atoms with E-state index in [-0.39, 0.29) is 11.4 Å². The van der Waals surface area contributed by atoms with Gasteiger partial charge in [0.05, 0.1) is 5.52 Å². The van der Waals surface area contributed by atoms with Crippen LogP contribution in [0.1, 0.15) is 46.4 Å². The summed E-state index contributed by atoms with van der Waals surface area (Å²) < 4.78 is 43.2. The molecule has 2 aromatic carbocycles.